The summed E-state index contributed by atoms with van der Waals surface area (Å²) in [5.74, 6) is -0.204. The van der Waals surface area contributed by atoms with E-state index in [1.807, 2.05) is 27.2 Å². The average molecular weight is 605 g/mol. The van der Waals surface area contributed by atoms with Crippen LogP contribution in [0.15, 0.2) is 12.2 Å². The van der Waals surface area contributed by atoms with Gasteiger partial charge in [-0.15, -0.1) is 0 Å². The summed E-state index contributed by atoms with van der Waals surface area (Å²) < 4.78 is 22.9. The zero-order valence-electron chi connectivity index (χ0n) is 27.2. The molecule has 0 aliphatic carbocycles. The van der Waals surface area contributed by atoms with Crippen molar-refractivity contribution in [2.24, 2.45) is 0 Å². The topological polar surface area (TPSA) is 108 Å². The molecule has 41 heavy (non-hydrogen) atoms. The van der Waals surface area contributed by atoms with Gasteiger partial charge in [0.25, 0.3) is 7.82 Å². The quantitative estimate of drug-likeness (QED) is 0.0410. The fraction of sp³-hybridized carbons (Fsp3) is 0.906. The Bertz CT molecular complexity index is 698. The number of quaternary nitrogens is 1. The number of carbonyl (C=O) groups excluding carboxylic acids is 1. The molecule has 0 aliphatic heterocycles. The third-order valence-corrected chi connectivity index (χ3v) is 8.21. The number of unbranched alkanes of at least 4 members (excludes halogenated alkanes) is 16. The molecule has 0 radical (unpaired) electrons. The molecule has 9 heteroatoms. The van der Waals surface area contributed by atoms with Crippen LogP contribution in [-0.2, 0) is 18.4 Å². The van der Waals surface area contributed by atoms with Gasteiger partial charge < -0.3 is 28.8 Å². The smallest absolute Gasteiger partial charge is 0.268 e. The van der Waals surface area contributed by atoms with E-state index in [0.717, 1.165) is 38.5 Å². The van der Waals surface area contributed by atoms with Gasteiger partial charge in [-0.25, -0.2) is 0 Å². The Morgan fingerprint density at radius 2 is 1.32 bits per heavy atom. The minimum Gasteiger partial charge on any atom is -0.756 e. The summed E-state index contributed by atoms with van der Waals surface area (Å²) in [7, 11) is 1.26. The number of aliphatic hydroxyl groups excluding tert-OH is 1. The lowest BCUT2D eigenvalue weighted by Gasteiger charge is -2.29. The number of phosphoric acid groups is 1. The molecule has 0 aliphatic rings. The molecule has 3 unspecified atom stereocenters. The molecule has 0 heterocycles. The number of phosphoric ester groups is 1. The minimum absolute atomic E-state index is 0.000744. The Morgan fingerprint density at radius 1 is 0.829 bits per heavy atom. The van der Waals surface area contributed by atoms with Crippen LogP contribution < -0.4 is 10.2 Å². The Morgan fingerprint density at radius 3 is 1.83 bits per heavy atom. The lowest BCUT2D eigenvalue weighted by molar-refractivity contribution is -0.870. The van der Waals surface area contributed by atoms with Gasteiger partial charge in [-0.3, -0.25) is 9.36 Å². The van der Waals surface area contributed by atoms with Crippen molar-refractivity contribution < 1.29 is 32.9 Å². The van der Waals surface area contributed by atoms with Crippen LogP contribution >= 0.6 is 7.82 Å². The molecule has 2 N–H and O–H groups in total. The van der Waals surface area contributed by atoms with Crippen LogP contribution in [0.1, 0.15) is 136 Å². The number of allylic oxidation sites excluding steroid dienone is 1. The standard InChI is InChI=1S/C32H65N2O6P/c1-6-8-10-12-14-15-16-17-18-20-22-24-26-32(36)33-30(31(35)25-23-21-19-13-11-9-7-2)29-40-41(37,38)39-28-27-34(3,4)5/h23,25,30-31,35H,6-22,24,26-29H2,1-5H3,(H-,33,36,37,38)/b25-23+. The highest BCUT2D eigenvalue weighted by Gasteiger charge is 2.23. The van der Waals surface area contributed by atoms with Crippen molar-refractivity contribution in [1.29, 1.82) is 0 Å². The molecule has 0 rings (SSSR count). The first-order chi connectivity index (χ1) is 19.5. The second-order valence-electron chi connectivity index (χ2n) is 12.5. The summed E-state index contributed by atoms with van der Waals surface area (Å²) in [4.78, 5) is 24.9. The van der Waals surface area contributed by atoms with E-state index in [1.165, 1.54) is 77.0 Å². The largest absolute Gasteiger partial charge is 0.756 e. The predicted molar refractivity (Wildman–Crippen MR) is 169 cm³/mol. The van der Waals surface area contributed by atoms with Gasteiger partial charge in [-0.05, 0) is 19.3 Å². The molecule has 0 aromatic rings. The molecule has 0 bridgehead atoms. The van der Waals surface area contributed by atoms with Gasteiger partial charge in [0.2, 0.25) is 5.91 Å². The highest BCUT2D eigenvalue weighted by atomic mass is 31.2. The van der Waals surface area contributed by atoms with E-state index in [1.54, 1.807) is 6.08 Å². The maximum absolute atomic E-state index is 12.6. The van der Waals surface area contributed by atoms with Crippen LogP contribution in [0.25, 0.3) is 0 Å². The van der Waals surface area contributed by atoms with Gasteiger partial charge in [0.15, 0.2) is 0 Å². The number of hydrogen-bond acceptors (Lipinski definition) is 6. The van der Waals surface area contributed by atoms with Gasteiger partial charge in [0.05, 0.1) is 39.9 Å². The maximum atomic E-state index is 12.6. The van der Waals surface area contributed by atoms with Gasteiger partial charge >= 0.3 is 0 Å². The van der Waals surface area contributed by atoms with Crippen molar-refractivity contribution >= 4 is 13.7 Å². The van der Waals surface area contributed by atoms with E-state index in [-0.39, 0.29) is 19.1 Å². The van der Waals surface area contributed by atoms with Crippen molar-refractivity contribution in [2.45, 2.75) is 148 Å². The molecule has 0 aromatic heterocycles. The third-order valence-electron chi connectivity index (χ3n) is 7.25. The van der Waals surface area contributed by atoms with Crippen LogP contribution in [0.5, 0.6) is 0 Å². The zero-order valence-corrected chi connectivity index (χ0v) is 28.1. The van der Waals surface area contributed by atoms with E-state index < -0.39 is 20.0 Å². The van der Waals surface area contributed by atoms with Gasteiger partial charge in [0, 0.05) is 6.42 Å². The number of rotatable bonds is 29. The highest BCUT2D eigenvalue weighted by molar-refractivity contribution is 7.45. The molecular weight excluding hydrogens is 539 g/mol. The van der Waals surface area contributed by atoms with Crippen LogP contribution in [-0.4, -0.2) is 68.5 Å². The van der Waals surface area contributed by atoms with Crippen molar-refractivity contribution in [3.05, 3.63) is 12.2 Å². The summed E-state index contributed by atoms with van der Waals surface area (Å²) in [5, 5.41) is 13.5. The number of aliphatic hydroxyl groups is 1. The molecule has 0 saturated carbocycles. The first-order valence-corrected chi connectivity index (χ1v) is 18.0. The Balaban J connectivity index is 4.54. The molecular formula is C32H65N2O6P. The first-order valence-electron chi connectivity index (χ1n) is 16.6. The summed E-state index contributed by atoms with van der Waals surface area (Å²) >= 11 is 0. The second-order valence-corrected chi connectivity index (χ2v) is 13.9. The van der Waals surface area contributed by atoms with E-state index in [4.69, 9.17) is 9.05 Å². The fourth-order valence-electron chi connectivity index (χ4n) is 4.50. The van der Waals surface area contributed by atoms with Crippen LogP contribution in [0.4, 0.5) is 0 Å². The zero-order chi connectivity index (χ0) is 30.8. The van der Waals surface area contributed by atoms with Crippen molar-refractivity contribution in [2.75, 3.05) is 40.9 Å². The minimum atomic E-state index is -4.56. The molecule has 1 amide bonds. The van der Waals surface area contributed by atoms with Crippen LogP contribution in [0.2, 0.25) is 0 Å². The molecule has 0 aromatic carbocycles. The number of nitrogens with one attached hydrogen (secondary N) is 1. The fourth-order valence-corrected chi connectivity index (χ4v) is 5.22. The summed E-state index contributed by atoms with van der Waals surface area (Å²) in [6.07, 6.45) is 24.1. The predicted octanol–water partition coefficient (Wildman–Crippen LogP) is 7.05. The lowest BCUT2D eigenvalue weighted by atomic mass is 10.0. The third kappa shape index (κ3) is 27.8. The summed E-state index contributed by atoms with van der Waals surface area (Å²) in [6, 6.07) is -0.875. The lowest BCUT2D eigenvalue weighted by Crippen LogP contribution is -2.45. The number of likely N-dealkylation sites (N-methyl/N-ethyl adjacent to an activating group) is 1. The monoisotopic (exact) mass is 604 g/mol. The van der Waals surface area contributed by atoms with Crippen LogP contribution in [0, 0.1) is 0 Å². The van der Waals surface area contributed by atoms with E-state index in [2.05, 4.69) is 19.2 Å². The summed E-state index contributed by atoms with van der Waals surface area (Å²) in [5.41, 5.74) is 0. The number of hydrogen-bond donors (Lipinski definition) is 2. The highest BCUT2D eigenvalue weighted by Crippen LogP contribution is 2.38. The number of amides is 1. The SMILES string of the molecule is CCCCCCC/C=C/C(O)C(COP(=O)([O-])OCC[N+](C)(C)C)NC(=O)CCCCCCCCCCCCCC. The second kappa shape index (κ2) is 25.7. The molecule has 244 valence electrons. The number of carbonyl (C=O) groups is 1. The van der Waals surface area contributed by atoms with E-state index >= 15 is 0 Å². The van der Waals surface area contributed by atoms with Crippen molar-refractivity contribution in [3.63, 3.8) is 0 Å². The van der Waals surface area contributed by atoms with E-state index in [9.17, 15) is 19.4 Å². The van der Waals surface area contributed by atoms with Crippen molar-refractivity contribution in [1.82, 2.24) is 5.32 Å². The molecule has 0 spiro atoms. The van der Waals surface area contributed by atoms with Gasteiger partial charge in [-0.2, -0.15) is 0 Å². The van der Waals surface area contributed by atoms with E-state index in [0.29, 0.717) is 17.4 Å². The van der Waals surface area contributed by atoms with Crippen molar-refractivity contribution in [3.8, 4) is 0 Å². The Kier molecular flexibility index (Phi) is 25.2. The molecule has 3 atom stereocenters. The maximum Gasteiger partial charge on any atom is 0.268 e. The average Bonchev–Trinajstić information content (AvgIpc) is 2.90. The Labute approximate surface area is 252 Å². The van der Waals surface area contributed by atoms with Gasteiger partial charge in [0.1, 0.15) is 13.2 Å². The normalized spacial score (nSPS) is 15.2. The molecule has 0 saturated heterocycles. The summed E-state index contributed by atoms with van der Waals surface area (Å²) in [6.45, 7) is 4.55. The first kappa shape index (κ1) is 40.2. The van der Waals surface area contributed by atoms with Crippen LogP contribution in [0.3, 0.4) is 0 Å². The molecule has 8 nitrogen and oxygen atoms in total. The van der Waals surface area contributed by atoms with Gasteiger partial charge in [-0.1, -0.05) is 122 Å². The Hall–Kier alpha value is -0.760. The molecule has 0 fully saturated rings. The number of nitrogens with zero attached hydrogens (tertiary/aromatic N) is 1.